The maximum Gasteiger partial charge on any atom is 0.309 e. The summed E-state index contributed by atoms with van der Waals surface area (Å²) in [4.78, 5) is 11.3. The van der Waals surface area contributed by atoms with Gasteiger partial charge in [0, 0.05) is 12.0 Å². The van der Waals surface area contributed by atoms with Crippen molar-refractivity contribution in [2.24, 2.45) is 5.41 Å². The van der Waals surface area contributed by atoms with Crippen LogP contribution in [0.15, 0.2) is 0 Å². The molecule has 0 bridgehead atoms. The molecule has 1 fully saturated rings. The minimum atomic E-state index is -2.99. The van der Waals surface area contributed by atoms with Crippen LogP contribution in [0.4, 0.5) is 0 Å². The first kappa shape index (κ1) is 13.4. The molecule has 0 atom stereocenters. The van der Waals surface area contributed by atoms with Crippen molar-refractivity contribution in [3.8, 4) is 0 Å². The molecule has 0 unspecified atom stereocenters. The molecule has 0 amide bonds. The molecule has 6 heteroatoms. The number of piperidine rings is 1. The fraction of sp³-hybridized carbons (Fsp3) is 0.900. The summed E-state index contributed by atoms with van der Waals surface area (Å²) in [6.07, 6.45) is 3.25. The summed E-state index contributed by atoms with van der Waals surface area (Å²) >= 11 is 0. The molecule has 0 saturated carbocycles. The standard InChI is InChI=1S/C10H19NO4S/c1-16(14,15)8-2-3-10(9(12)13)4-6-11-7-5-10/h11H,2-8H2,1H3,(H,12,13). The number of rotatable bonds is 5. The van der Waals surface area contributed by atoms with Gasteiger partial charge in [0.1, 0.15) is 9.84 Å². The summed E-state index contributed by atoms with van der Waals surface area (Å²) < 4.78 is 22.0. The van der Waals surface area contributed by atoms with E-state index in [1.807, 2.05) is 0 Å². The molecule has 1 aliphatic heterocycles. The highest BCUT2D eigenvalue weighted by Gasteiger charge is 2.38. The molecule has 0 aromatic rings. The van der Waals surface area contributed by atoms with Crippen molar-refractivity contribution < 1.29 is 18.3 Å². The molecule has 0 aromatic heterocycles. The largest absolute Gasteiger partial charge is 0.481 e. The molecule has 0 radical (unpaired) electrons. The van der Waals surface area contributed by atoms with Gasteiger partial charge in [-0.15, -0.1) is 0 Å². The number of sulfone groups is 1. The predicted molar refractivity (Wildman–Crippen MR) is 61.1 cm³/mol. The minimum Gasteiger partial charge on any atom is -0.481 e. The molecule has 0 spiro atoms. The van der Waals surface area contributed by atoms with Crippen LogP contribution < -0.4 is 5.32 Å². The molecular weight excluding hydrogens is 230 g/mol. The zero-order valence-corrected chi connectivity index (χ0v) is 10.3. The van der Waals surface area contributed by atoms with Gasteiger partial charge in [0.15, 0.2) is 0 Å². The molecule has 0 aromatic carbocycles. The van der Waals surface area contributed by atoms with Crippen LogP contribution in [0.1, 0.15) is 25.7 Å². The van der Waals surface area contributed by atoms with Gasteiger partial charge < -0.3 is 10.4 Å². The third-order valence-electron chi connectivity index (χ3n) is 3.18. The van der Waals surface area contributed by atoms with Crippen molar-refractivity contribution in [1.29, 1.82) is 0 Å². The SMILES string of the molecule is CS(=O)(=O)CCCC1(C(=O)O)CCNCC1. The number of carboxylic acids is 1. The zero-order chi connectivity index (χ0) is 12.2. The smallest absolute Gasteiger partial charge is 0.309 e. The topological polar surface area (TPSA) is 83.5 Å². The van der Waals surface area contributed by atoms with Crippen molar-refractivity contribution in [3.05, 3.63) is 0 Å². The van der Waals surface area contributed by atoms with E-state index < -0.39 is 21.2 Å². The number of hydrogen-bond donors (Lipinski definition) is 2. The Bertz CT molecular complexity index is 344. The van der Waals surface area contributed by atoms with Gasteiger partial charge in [-0.1, -0.05) is 0 Å². The van der Waals surface area contributed by atoms with E-state index in [2.05, 4.69) is 5.32 Å². The van der Waals surface area contributed by atoms with Crippen LogP contribution in [0.3, 0.4) is 0 Å². The fourth-order valence-corrected chi connectivity index (χ4v) is 2.82. The first-order valence-electron chi connectivity index (χ1n) is 5.48. The molecule has 1 rings (SSSR count). The quantitative estimate of drug-likeness (QED) is 0.730. The number of nitrogens with one attached hydrogen (secondary N) is 1. The number of hydrogen-bond acceptors (Lipinski definition) is 4. The lowest BCUT2D eigenvalue weighted by molar-refractivity contribution is -0.151. The molecule has 1 heterocycles. The first-order valence-corrected chi connectivity index (χ1v) is 7.54. The second kappa shape index (κ2) is 5.14. The van der Waals surface area contributed by atoms with Crippen LogP contribution in [-0.4, -0.2) is 44.6 Å². The summed E-state index contributed by atoms with van der Waals surface area (Å²) in [6.45, 7) is 1.40. The van der Waals surface area contributed by atoms with Crippen molar-refractivity contribution in [2.75, 3.05) is 25.1 Å². The maximum absolute atomic E-state index is 11.3. The Labute approximate surface area is 96.1 Å². The van der Waals surface area contributed by atoms with Crippen LogP contribution in [0, 0.1) is 5.41 Å². The number of carboxylic acid groups (broad SMARTS) is 1. The summed E-state index contributed by atoms with van der Waals surface area (Å²) in [7, 11) is -2.99. The Morgan fingerprint density at radius 1 is 1.38 bits per heavy atom. The lowest BCUT2D eigenvalue weighted by Crippen LogP contribution is -2.42. The Balaban J connectivity index is 2.55. The lowest BCUT2D eigenvalue weighted by Gasteiger charge is -2.33. The Morgan fingerprint density at radius 2 is 1.94 bits per heavy atom. The normalized spacial score (nSPS) is 20.6. The average molecular weight is 249 g/mol. The summed E-state index contributed by atoms with van der Waals surface area (Å²) in [5, 5.41) is 12.4. The minimum absolute atomic E-state index is 0.0788. The Kier molecular flexibility index (Phi) is 4.32. The van der Waals surface area contributed by atoms with Gasteiger partial charge in [0.2, 0.25) is 0 Å². The molecule has 1 saturated heterocycles. The van der Waals surface area contributed by atoms with E-state index in [0.29, 0.717) is 38.8 Å². The maximum atomic E-state index is 11.3. The summed E-state index contributed by atoms with van der Waals surface area (Å²) in [6, 6.07) is 0. The molecule has 5 nitrogen and oxygen atoms in total. The van der Waals surface area contributed by atoms with E-state index in [1.165, 1.54) is 6.26 Å². The number of carbonyl (C=O) groups is 1. The highest BCUT2D eigenvalue weighted by Crippen LogP contribution is 2.34. The van der Waals surface area contributed by atoms with E-state index in [4.69, 9.17) is 0 Å². The Morgan fingerprint density at radius 3 is 2.38 bits per heavy atom. The van der Waals surface area contributed by atoms with Gasteiger partial charge in [-0.25, -0.2) is 8.42 Å². The molecule has 0 aliphatic carbocycles. The van der Waals surface area contributed by atoms with E-state index >= 15 is 0 Å². The second-order valence-electron chi connectivity index (χ2n) is 4.57. The summed E-state index contributed by atoms with van der Waals surface area (Å²) in [5.41, 5.74) is -0.712. The van der Waals surface area contributed by atoms with E-state index in [-0.39, 0.29) is 5.75 Å². The van der Waals surface area contributed by atoms with Crippen LogP contribution in [0.5, 0.6) is 0 Å². The van der Waals surface area contributed by atoms with Crippen molar-refractivity contribution >= 4 is 15.8 Å². The molecule has 1 aliphatic rings. The van der Waals surface area contributed by atoms with Gasteiger partial charge in [-0.3, -0.25) is 4.79 Å². The lowest BCUT2D eigenvalue weighted by atomic mass is 9.75. The van der Waals surface area contributed by atoms with Crippen molar-refractivity contribution in [2.45, 2.75) is 25.7 Å². The van der Waals surface area contributed by atoms with Crippen LogP contribution in [0.25, 0.3) is 0 Å². The highest BCUT2D eigenvalue weighted by atomic mass is 32.2. The van der Waals surface area contributed by atoms with Crippen LogP contribution in [0.2, 0.25) is 0 Å². The summed E-state index contributed by atoms with van der Waals surface area (Å²) in [5.74, 6) is -0.711. The monoisotopic (exact) mass is 249 g/mol. The van der Waals surface area contributed by atoms with E-state index in [0.717, 1.165) is 0 Å². The third-order valence-corrected chi connectivity index (χ3v) is 4.22. The van der Waals surface area contributed by atoms with Crippen molar-refractivity contribution in [3.63, 3.8) is 0 Å². The molecule has 2 N–H and O–H groups in total. The third kappa shape index (κ3) is 3.75. The molecule has 16 heavy (non-hydrogen) atoms. The van der Waals surface area contributed by atoms with E-state index in [9.17, 15) is 18.3 Å². The highest BCUT2D eigenvalue weighted by molar-refractivity contribution is 7.90. The van der Waals surface area contributed by atoms with E-state index in [1.54, 1.807) is 0 Å². The molecular formula is C10H19NO4S. The number of aliphatic carboxylic acids is 1. The van der Waals surface area contributed by atoms with Gasteiger partial charge >= 0.3 is 5.97 Å². The van der Waals surface area contributed by atoms with Gasteiger partial charge in [0.25, 0.3) is 0 Å². The van der Waals surface area contributed by atoms with Gasteiger partial charge in [-0.05, 0) is 38.8 Å². The first-order chi connectivity index (χ1) is 7.36. The zero-order valence-electron chi connectivity index (χ0n) is 9.53. The molecule has 94 valence electrons. The fourth-order valence-electron chi connectivity index (χ4n) is 2.15. The van der Waals surface area contributed by atoms with Crippen LogP contribution >= 0.6 is 0 Å². The second-order valence-corrected chi connectivity index (χ2v) is 6.83. The van der Waals surface area contributed by atoms with Crippen molar-refractivity contribution in [1.82, 2.24) is 5.32 Å². The Hall–Kier alpha value is -0.620. The van der Waals surface area contributed by atoms with Gasteiger partial charge in [0.05, 0.1) is 5.41 Å². The van der Waals surface area contributed by atoms with Crippen LogP contribution in [-0.2, 0) is 14.6 Å². The van der Waals surface area contributed by atoms with Gasteiger partial charge in [-0.2, -0.15) is 0 Å². The average Bonchev–Trinajstić information content (AvgIpc) is 2.17. The predicted octanol–water partition coefficient (Wildman–Crippen LogP) is 0.266.